The summed E-state index contributed by atoms with van der Waals surface area (Å²) >= 11 is 0. The second-order valence-electron chi connectivity index (χ2n) is 3.31. The van der Waals surface area contributed by atoms with E-state index in [0.717, 1.165) is 16.9 Å². The molecule has 1 aromatic rings. The lowest BCUT2D eigenvalue weighted by Gasteiger charge is -2.12. The van der Waals surface area contributed by atoms with Crippen molar-refractivity contribution in [3.8, 4) is 5.75 Å². The summed E-state index contributed by atoms with van der Waals surface area (Å²) in [7, 11) is 1.63. The lowest BCUT2D eigenvalue weighted by Crippen LogP contribution is -2.11. The Hall–Kier alpha value is -0.800. The smallest absolute Gasteiger partial charge is 0.121 e. The molecule has 0 spiro atoms. The lowest BCUT2D eigenvalue weighted by molar-refractivity contribution is 0.410. The van der Waals surface area contributed by atoms with E-state index in [1.54, 1.807) is 7.11 Å². The van der Waals surface area contributed by atoms with Crippen molar-refractivity contribution in [3.05, 3.63) is 29.3 Å². The Kier molecular flexibility index (Phi) is 6.29. The fraction of sp³-hybridized carbons (Fsp3) is 0.455. The largest absolute Gasteiger partial charge is 0.496 e. The summed E-state index contributed by atoms with van der Waals surface area (Å²) in [5, 5.41) is 0. The predicted molar refractivity (Wildman–Crippen MR) is 62.5 cm³/mol. The van der Waals surface area contributed by atoms with E-state index >= 15 is 0 Å². The van der Waals surface area contributed by atoms with Gasteiger partial charge < -0.3 is 10.5 Å². The van der Waals surface area contributed by atoms with Crippen LogP contribution in [-0.4, -0.2) is 13.8 Å². The molecule has 1 rings (SSSR count). The molecule has 4 heteroatoms. The van der Waals surface area contributed by atoms with Crippen LogP contribution in [-0.2, 0) is 0 Å². The number of benzene rings is 1. The summed E-state index contributed by atoms with van der Waals surface area (Å²) in [5.41, 5.74) is 7.77. The van der Waals surface area contributed by atoms with Crippen LogP contribution in [0.25, 0.3) is 0 Å². The highest BCUT2D eigenvalue weighted by molar-refractivity contribution is 5.85. The van der Waals surface area contributed by atoms with Crippen LogP contribution in [0.15, 0.2) is 18.2 Å². The first kappa shape index (κ1) is 14.2. The third kappa shape index (κ3) is 3.68. The number of hydrogen-bond donors (Lipinski definition) is 1. The molecule has 0 aliphatic carbocycles. The number of rotatable bonds is 4. The maximum absolute atomic E-state index is 12.1. The van der Waals surface area contributed by atoms with Gasteiger partial charge in [-0.3, -0.25) is 4.39 Å². The average molecular weight is 234 g/mol. The van der Waals surface area contributed by atoms with Crippen molar-refractivity contribution in [1.82, 2.24) is 0 Å². The topological polar surface area (TPSA) is 35.2 Å². The molecule has 0 fully saturated rings. The van der Waals surface area contributed by atoms with Gasteiger partial charge in [0.25, 0.3) is 0 Å². The van der Waals surface area contributed by atoms with Gasteiger partial charge in [-0.05, 0) is 30.5 Å². The zero-order valence-corrected chi connectivity index (χ0v) is 9.81. The Labute approximate surface area is 96.0 Å². The maximum Gasteiger partial charge on any atom is 0.121 e. The third-order valence-corrected chi connectivity index (χ3v) is 2.27. The predicted octanol–water partition coefficient (Wildman–Crippen LogP) is 2.78. The van der Waals surface area contributed by atoms with Crippen molar-refractivity contribution >= 4 is 12.4 Å². The molecule has 0 saturated carbocycles. The quantitative estimate of drug-likeness (QED) is 0.868. The number of aryl methyl sites for hydroxylation is 1. The summed E-state index contributed by atoms with van der Waals surface area (Å²) in [4.78, 5) is 0. The van der Waals surface area contributed by atoms with Crippen LogP contribution in [0.5, 0.6) is 5.75 Å². The monoisotopic (exact) mass is 233 g/mol. The normalized spacial score (nSPS) is 11.7. The van der Waals surface area contributed by atoms with Crippen LogP contribution in [0.2, 0.25) is 0 Å². The Morgan fingerprint density at radius 3 is 2.60 bits per heavy atom. The molecule has 2 N–H and O–H groups in total. The molecular weight excluding hydrogens is 217 g/mol. The minimum absolute atomic E-state index is 0. The minimum atomic E-state index is -0.383. The molecule has 2 nitrogen and oxygen atoms in total. The molecule has 0 unspecified atom stereocenters. The van der Waals surface area contributed by atoms with Crippen LogP contribution in [0.1, 0.15) is 23.6 Å². The first-order valence-electron chi connectivity index (χ1n) is 4.65. The van der Waals surface area contributed by atoms with E-state index in [2.05, 4.69) is 0 Å². The number of nitrogens with two attached hydrogens (primary N) is 1. The fourth-order valence-corrected chi connectivity index (χ4v) is 1.42. The van der Waals surface area contributed by atoms with Crippen LogP contribution in [0.4, 0.5) is 4.39 Å². The van der Waals surface area contributed by atoms with Gasteiger partial charge in [0.05, 0.1) is 13.8 Å². The molecular formula is C11H17ClFNO. The van der Waals surface area contributed by atoms with Crippen molar-refractivity contribution in [2.75, 3.05) is 13.8 Å². The van der Waals surface area contributed by atoms with Gasteiger partial charge in [0, 0.05) is 6.04 Å². The Morgan fingerprint density at radius 1 is 1.47 bits per heavy atom. The van der Waals surface area contributed by atoms with Crippen molar-refractivity contribution in [2.45, 2.75) is 19.4 Å². The van der Waals surface area contributed by atoms with E-state index in [1.165, 1.54) is 0 Å². The second-order valence-corrected chi connectivity index (χ2v) is 3.31. The van der Waals surface area contributed by atoms with Gasteiger partial charge in [-0.25, -0.2) is 0 Å². The number of halogens is 2. The number of hydrogen-bond acceptors (Lipinski definition) is 2. The fourth-order valence-electron chi connectivity index (χ4n) is 1.42. The van der Waals surface area contributed by atoms with Crippen molar-refractivity contribution in [1.29, 1.82) is 0 Å². The highest BCUT2D eigenvalue weighted by Crippen LogP contribution is 2.22. The van der Waals surface area contributed by atoms with Gasteiger partial charge in [-0.2, -0.15) is 0 Å². The van der Waals surface area contributed by atoms with E-state index in [1.807, 2.05) is 25.1 Å². The van der Waals surface area contributed by atoms with E-state index in [0.29, 0.717) is 6.42 Å². The van der Waals surface area contributed by atoms with E-state index < -0.39 is 0 Å². The van der Waals surface area contributed by atoms with Crippen LogP contribution in [0, 0.1) is 6.92 Å². The van der Waals surface area contributed by atoms with Crippen LogP contribution >= 0.6 is 12.4 Å². The maximum atomic E-state index is 12.1. The zero-order chi connectivity index (χ0) is 10.6. The van der Waals surface area contributed by atoms with Gasteiger partial charge in [-0.15, -0.1) is 12.4 Å². The van der Waals surface area contributed by atoms with Gasteiger partial charge in [0.1, 0.15) is 5.75 Å². The Morgan fingerprint density at radius 2 is 2.13 bits per heavy atom. The van der Waals surface area contributed by atoms with Gasteiger partial charge >= 0.3 is 0 Å². The standard InChI is InChI=1S/C11H16FNO.ClH/c1-8-7-9(10(13)5-6-12)3-4-11(8)14-2;/h3-4,7,10H,5-6,13H2,1-2H3;1H/t10-;/m0./s1. The lowest BCUT2D eigenvalue weighted by atomic mass is 10.0. The molecule has 86 valence electrons. The summed E-state index contributed by atoms with van der Waals surface area (Å²) in [6.07, 6.45) is 0.367. The van der Waals surface area contributed by atoms with Crippen LogP contribution < -0.4 is 10.5 Å². The van der Waals surface area contributed by atoms with Crippen molar-refractivity contribution < 1.29 is 9.13 Å². The summed E-state index contributed by atoms with van der Waals surface area (Å²) in [6, 6.07) is 5.47. The van der Waals surface area contributed by atoms with Gasteiger partial charge in [0.2, 0.25) is 0 Å². The number of ether oxygens (including phenoxy) is 1. The molecule has 0 heterocycles. The summed E-state index contributed by atoms with van der Waals surface area (Å²) in [5.74, 6) is 0.834. The molecule has 0 aliphatic rings. The highest BCUT2D eigenvalue weighted by atomic mass is 35.5. The van der Waals surface area contributed by atoms with Crippen molar-refractivity contribution in [3.63, 3.8) is 0 Å². The minimum Gasteiger partial charge on any atom is -0.496 e. The third-order valence-electron chi connectivity index (χ3n) is 2.27. The van der Waals surface area contributed by atoms with Gasteiger partial charge in [0.15, 0.2) is 0 Å². The Bertz CT molecular complexity index is 307. The van der Waals surface area contributed by atoms with Gasteiger partial charge in [-0.1, -0.05) is 12.1 Å². The first-order valence-corrected chi connectivity index (χ1v) is 4.65. The average Bonchev–Trinajstić information content (AvgIpc) is 2.18. The van der Waals surface area contributed by atoms with Crippen molar-refractivity contribution in [2.24, 2.45) is 5.73 Å². The molecule has 0 aliphatic heterocycles. The summed E-state index contributed by atoms with van der Waals surface area (Å²) < 4.78 is 17.2. The molecule has 0 saturated heterocycles. The molecule has 1 aromatic carbocycles. The van der Waals surface area contributed by atoms with E-state index in [4.69, 9.17) is 10.5 Å². The molecule has 0 amide bonds. The molecule has 15 heavy (non-hydrogen) atoms. The van der Waals surface area contributed by atoms with E-state index in [9.17, 15) is 4.39 Å². The highest BCUT2D eigenvalue weighted by Gasteiger charge is 2.07. The number of alkyl halides is 1. The zero-order valence-electron chi connectivity index (χ0n) is 9.00. The molecule has 0 radical (unpaired) electrons. The SMILES string of the molecule is COc1ccc([C@@H](N)CCF)cc1C.Cl. The first-order chi connectivity index (χ1) is 6.69. The van der Waals surface area contributed by atoms with Crippen LogP contribution in [0.3, 0.4) is 0 Å². The molecule has 1 atom stereocenters. The Balaban J connectivity index is 0.00000196. The second kappa shape index (κ2) is 6.64. The summed E-state index contributed by atoms with van der Waals surface area (Å²) in [6.45, 7) is 1.57. The molecule has 0 aromatic heterocycles. The van der Waals surface area contributed by atoms with E-state index in [-0.39, 0.29) is 25.1 Å². The number of methoxy groups -OCH3 is 1. The molecule has 0 bridgehead atoms.